The van der Waals surface area contributed by atoms with Crippen molar-refractivity contribution >= 4 is 17.2 Å². The Balaban J connectivity index is 1.79. The number of urea groups is 1. The van der Waals surface area contributed by atoms with E-state index in [1.165, 1.54) is 10.9 Å². The van der Waals surface area contributed by atoms with Crippen LogP contribution in [0.3, 0.4) is 0 Å². The van der Waals surface area contributed by atoms with Crippen LogP contribution >= 0.6 is 0 Å². The first-order valence-corrected chi connectivity index (χ1v) is 7.52. The van der Waals surface area contributed by atoms with Crippen molar-refractivity contribution in [3.63, 3.8) is 0 Å². The van der Waals surface area contributed by atoms with Gasteiger partial charge in [0.2, 0.25) is 0 Å². The van der Waals surface area contributed by atoms with Crippen LogP contribution in [-0.2, 0) is 11.8 Å². The Morgan fingerprint density at radius 3 is 3.13 bits per heavy atom. The first-order chi connectivity index (χ1) is 11.1. The van der Waals surface area contributed by atoms with E-state index in [1.54, 1.807) is 29.8 Å². The van der Waals surface area contributed by atoms with E-state index in [0.717, 1.165) is 6.42 Å². The molecule has 1 fully saturated rings. The Kier molecular flexibility index (Phi) is 4.28. The largest absolute Gasteiger partial charge is 0.383 e. The van der Waals surface area contributed by atoms with Crippen molar-refractivity contribution in [1.82, 2.24) is 29.3 Å². The lowest BCUT2D eigenvalue weighted by atomic mass is 10.2. The molecule has 124 valence electrons. The predicted molar refractivity (Wildman–Crippen MR) is 83.3 cm³/mol. The molecule has 1 N–H and O–H groups in total. The lowest BCUT2D eigenvalue weighted by molar-refractivity contribution is 0.184. The summed E-state index contributed by atoms with van der Waals surface area (Å²) in [6, 6.07) is -0.207. The number of rotatable bonds is 4. The van der Waals surface area contributed by atoms with Crippen LogP contribution in [0.5, 0.6) is 0 Å². The molecule has 1 aliphatic rings. The number of nitrogens with one attached hydrogen (secondary N) is 1. The molecule has 0 aromatic carbocycles. The van der Waals surface area contributed by atoms with Gasteiger partial charge in [-0.15, -0.1) is 0 Å². The van der Waals surface area contributed by atoms with Gasteiger partial charge in [0.1, 0.15) is 11.8 Å². The van der Waals surface area contributed by atoms with Crippen LogP contribution in [-0.4, -0.2) is 63.4 Å². The number of carbonyl (C=O) groups excluding carboxylic acids is 1. The van der Waals surface area contributed by atoms with Gasteiger partial charge in [0, 0.05) is 33.8 Å². The summed E-state index contributed by atoms with van der Waals surface area (Å²) in [7, 11) is 3.29. The lowest BCUT2D eigenvalue weighted by Crippen LogP contribution is -2.40. The Bertz CT molecular complexity index is 767. The molecule has 2 aromatic rings. The van der Waals surface area contributed by atoms with Gasteiger partial charge < -0.3 is 15.0 Å². The summed E-state index contributed by atoms with van der Waals surface area (Å²) in [5, 5.41) is 2.80. The third kappa shape index (κ3) is 2.79. The van der Waals surface area contributed by atoms with Crippen LogP contribution in [0, 0.1) is 0 Å². The number of hydrogen-bond acceptors (Lipinski definition) is 5. The van der Waals surface area contributed by atoms with Crippen LogP contribution < -0.4 is 11.0 Å². The number of amides is 2. The van der Waals surface area contributed by atoms with Crippen LogP contribution in [0.25, 0.3) is 11.2 Å². The van der Waals surface area contributed by atoms with E-state index in [0.29, 0.717) is 37.4 Å². The van der Waals surface area contributed by atoms with Gasteiger partial charge in [-0.25, -0.2) is 19.6 Å². The average molecular weight is 320 g/mol. The van der Waals surface area contributed by atoms with E-state index in [1.807, 2.05) is 0 Å². The van der Waals surface area contributed by atoms with Gasteiger partial charge in [0.25, 0.3) is 0 Å². The molecule has 0 spiro atoms. The lowest BCUT2D eigenvalue weighted by Gasteiger charge is -2.17. The number of imidazole rings is 1. The number of nitrogens with zero attached hydrogens (tertiary/aromatic N) is 5. The van der Waals surface area contributed by atoms with Gasteiger partial charge in [0.05, 0.1) is 18.8 Å². The maximum Gasteiger partial charge on any atom is 0.330 e. The van der Waals surface area contributed by atoms with Crippen molar-refractivity contribution in [2.75, 3.05) is 33.4 Å². The second-order valence-electron chi connectivity index (χ2n) is 5.56. The molecule has 0 aliphatic carbocycles. The molecule has 9 nitrogen and oxygen atoms in total. The molecule has 0 saturated carbocycles. The molecule has 0 unspecified atom stereocenters. The minimum atomic E-state index is -0.132. The van der Waals surface area contributed by atoms with Crippen molar-refractivity contribution in [2.24, 2.45) is 7.05 Å². The summed E-state index contributed by atoms with van der Waals surface area (Å²) in [5.41, 5.74) is 1.17. The highest BCUT2D eigenvalue weighted by Gasteiger charge is 2.30. The van der Waals surface area contributed by atoms with E-state index < -0.39 is 0 Å². The quantitative estimate of drug-likeness (QED) is 0.783. The zero-order chi connectivity index (χ0) is 16.4. The smallest absolute Gasteiger partial charge is 0.330 e. The Labute approximate surface area is 132 Å². The maximum atomic E-state index is 12.5. The molecule has 23 heavy (non-hydrogen) atoms. The maximum absolute atomic E-state index is 12.5. The van der Waals surface area contributed by atoms with Crippen molar-refractivity contribution in [3.8, 4) is 0 Å². The number of aromatic nitrogens is 4. The zero-order valence-corrected chi connectivity index (χ0v) is 13.2. The van der Waals surface area contributed by atoms with Crippen LogP contribution in [0.4, 0.5) is 4.79 Å². The van der Waals surface area contributed by atoms with Gasteiger partial charge in [-0.1, -0.05) is 0 Å². The summed E-state index contributed by atoms with van der Waals surface area (Å²) in [5.74, 6) is 0. The molecule has 3 rings (SSSR count). The Morgan fingerprint density at radius 2 is 2.35 bits per heavy atom. The standard InChI is InChI=1S/C14H20N6O3/c1-18-11-7-15-9-17-12(11)20(14(18)22)10-3-5-19(8-10)13(21)16-4-6-23-2/h7,9-10H,3-6,8H2,1-2H3,(H,16,21)/t10-/m0/s1. The predicted octanol–water partition coefficient (Wildman–Crippen LogP) is -0.267. The first-order valence-electron chi connectivity index (χ1n) is 7.52. The molecular formula is C14H20N6O3. The highest BCUT2D eigenvalue weighted by atomic mass is 16.5. The van der Waals surface area contributed by atoms with E-state index in [9.17, 15) is 9.59 Å². The van der Waals surface area contributed by atoms with Crippen LogP contribution in [0.15, 0.2) is 17.3 Å². The zero-order valence-electron chi connectivity index (χ0n) is 13.2. The summed E-state index contributed by atoms with van der Waals surface area (Å²) < 4.78 is 8.12. The molecule has 2 amide bonds. The molecule has 0 bridgehead atoms. The number of carbonyl (C=O) groups is 1. The molecule has 2 aromatic heterocycles. The minimum absolute atomic E-state index is 0.0747. The normalized spacial score (nSPS) is 17.8. The fraction of sp³-hybridized carbons (Fsp3) is 0.571. The molecule has 0 radical (unpaired) electrons. The third-order valence-electron chi connectivity index (χ3n) is 4.15. The number of aryl methyl sites for hydroxylation is 1. The van der Waals surface area contributed by atoms with Crippen LogP contribution in [0.2, 0.25) is 0 Å². The fourth-order valence-electron chi connectivity index (χ4n) is 2.93. The Morgan fingerprint density at radius 1 is 1.52 bits per heavy atom. The summed E-state index contributed by atoms with van der Waals surface area (Å²) >= 11 is 0. The summed E-state index contributed by atoms with van der Waals surface area (Å²) in [4.78, 5) is 34.5. The van der Waals surface area contributed by atoms with Crippen molar-refractivity contribution in [2.45, 2.75) is 12.5 Å². The van der Waals surface area contributed by atoms with E-state index in [4.69, 9.17) is 4.74 Å². The first kappa shape index (κ1) is 15.5. The molecule has 1 saturated heterocycles. The third-order valence-corrected chi connectivity index (χ3v) is 4.15. The van der Waals surface area contributed by atoms with E-state index >= 15 is 0 Å². The van der Waals surface area contributed by atoms with E-state index in [-0.39, 0.29) is 17.8 Å². The average Bonchev–Trinajstić information content (AvgIpc) is 3.13. The van der Waals surface area contributed by atoms with Crippen molar-refractivity contribution < 1.29 is 9.53 Å². The monoisotopic (exact) mass is 320 g/mol. The Hall–Kier alpha value is -2.42. The van der Waals surface area contributed by atoms with E-state index in [2.05, 4.69) is 15.3 Å². The highest BCUT2D eigenvalue weighted by Crippen LogP contribution is 2.23. The number of methoxy groups -OCH3 is 1. The number of fused-ring (bicyclic) bond motifs is 1. The van der Waals surface area contributed by atoms with Gasteiger partial charge >= 0.3 is 11.7 Å². The summed E-state index contributed by atoms with van der Waals surface area (Å²) in [6.45, 7) is 2.04. The van der Waals surface area contributed by atoms with Gasteiger partial charge in [-0.3, -0.25) is 9.13 Å². The minimum Gasteiger partial charge on any atom is -0.383 e. The topological polar surface area (TPSA) is 94.3 Å². The van der Waals surface area contributed by atoms with Crippen LogP contribution in [0.1, 0.15) is 12.5 Å². The summed E-state index contributed by atoms with van der Waals surface area (Å²) in [6.07, 6.45) is 3.79. The van der Waals surface area contributed by atoms with Crippen molar-refractivity contribution in [3.05, 3.63) is 23.0 Å². The highest BCUT2D eigenvalue weighted by molar-refractivity contribution is 5.74. The van der Waals surface area contributed by atoms with Gasteiger partial charge in [-0.05, 0) is 6.42 Å². The molecule has 1 atom stereocenters. The number of hydrogen-bond donors (Lipinski definition) is 1. The molecule has 3 heterocycles. The molecule has 1 aliphatic heterocycles. The molecule has 9 heteroatoms. The molecular weight excluding hydrogens is 300 g/mol. The second kappa shape index (κ2) is 6.37. The fourth-order valence-corrected chi connectivity index (χ4v) is 2.93. The second-order valence-corrected chi connectivity index (χ2v) is 5.56. The number of likely N-dealkylation sites (tertiary alicyclic amines) is 1. The number of ether oxygens (including phenoxy) is 1. The van der Waals surface area contributed by atoms with Crippen molar-refractivity contribution in [1.29, 1.82) is 0 Å². The van der Waals surface area contributed by atoms with Gasteiger partial charge in [-0.2, -0.15) is 0 Å². The SMILES string of the molecule is COCCNC(=O)N1CC[C@H](n2c(=O)n(C)c3cncnc32)C1. The van der Waals surface area contributed by atoms with Gasteiger partial charge in [0.15, 0.2) is 5.65 Å².